The summed E-state index contributed by atoms with van der Waals surface area (Å²) in [6.45, 7) is 3.14. The molecule has 2 aliphatic rings. The minimum absolute atomic E-state index is 0.0177. The molecule has 1 aliphatic heterocycles. The van der Waals surface area contributed by atoms with Gasteiger partial charge in [0, 0.05) is 42.5 Å². The molecule has 4 aromatic rings. The molecule has 2 aromatic heterocycles. The molecule has 1 aliphatic carbocycles. The van der Waals surface area contributed by atoms with Gasteiger partial charge in [0.1, 0.15) is 17.1 Å². The van der Waals surface area contributed by atoms with Crippen LogP contribution >= 0.6 is 11.6 Å². The van der Waals surface area contributed by atoms with Crippen LogP contribution in [0.25, 0.3) is 21.8 Å². The van der Waals surface area contributed by atoms with E-state index in [-0.39, 0.29) is 33.7 Å². The van der Waals surface area contributed by atoms with Gasteiger partial charge >= 0.3 is 0 Å². The minimum Gasteiger partial charge on any atom is -0.343 e. The van der Waals surface area contributed by atoms with E-state index in [0.717, 1.165) is 48.2 Å². The maximum absolute atomic E-state index is 14.2. The summed E-state index contributed by atoms with van der Waals surface area (Å²) >= 11 is 5.97. The van der Waals surface area contributed by atoms with E-state index in [1.807, 2.05) is 35.8 Å². The first kappa shape index (κ1) is 25.6. The SMILES string of the molecule is Cc1ccc2nc(C(=O)CC3CCN(NC(=O)c4cn(C5CC5)c5cc(Cl)c(F)cc5c4=O)CC3)ccc2c1. The monoisotopic (exact) mass is 546 g/mol. The predicted octanol–water partition coefficient (Wildman–Crippen LogP) is 5.62. The van der Waals surface area contributed by atoms with Crippen molar-refractivity contribution in [3.8, 4) is 0 Å². The van der Waals surface area contributed by atoms with Crippen molar-refractivity contribution < 1.29 is 14.0 Å². The van der Waals surface area contributed by atoms with Crippen LogP contribution in [0.4, 0.5) is 4.39 Å². The Labute approximate surface area is 229 Å². The molecule has 0 atom stereocenters. The number of hydrazine groups is 1. The molecule has 3 heterocycles. The fourth-order valence-corrected chi connectivity index (χ4v) is 5.54. The molecule has 1 amide bonds. The highest BCUT2D eigenvalue weighted by molar-refractivity contribution is 6.31. The number of ketones is 1. The lowest BCUT2D eigenvalue weighted by Gasteiger charge is -2.31. The molecule has 39 heavy (non-hydrogen) atoms. The van der Waals surface area contributed by atoms with Gasteiger partial charge in [0.05, 0.1) is 16.1 Å². The standard InChI is InChI=1S/C30H28ClFN4O3/c1-17-2-6-25-19(12-17)3-7-26(33-25)28(37)13-18-8-10-35(11-9-18)34-30(39)22-16-36(20-4-5-20)27-15-23(31)24(32)14-21(27)29(22)38/h2-3,6-7,12,14-16,18,20H,4-5,8-11,13H2,1H3,(H,34,39). The lowest BCUT2D eigenvalue weighted by Crippen LogP contribution is -2.47. The summed E-state index contributed by atoms with van der Waals surface area (Å²) in [4.78, 5) is 43.8. The molecule has 7 nitrogen and oxygen atoms in total. The van der Waals surface area contributed by atoms with Gasteiger partial charge in [0.15, 0.2) is 5.78 Å². The zero-order valence-electron chi connectivity index (χ0n) is 21.5. The van der Waals surface area contributed by atoms with Gasteiger partial charge in [0.25, 0.3) is 5.91 Å². The third kappa shape index (κ3) is 5.18. The fourth-order valence-electron chi connectivity index (χ4n) is 5.38. The first-order valence-electron chi connectivity index (χ1n) is 13.3. The van der Waals surface area contributed by atoms with E-state index in [9.17, 15) is 18.8 Å². The van der Waals surface area contributed by atoms with Crippen LogP contribution in [-0.4, -0.2) is 39.3 Å². The number of carbonyl (C=O) groups excluding carboxylic acids is 2. The molecule has 2 fully saturated rings. The van der Waals surface area contributed by atoms with Gasteiger partial charge in [-0.15, -0.1) is 0 Å². The second-order valence-electron chi connectivity index (χ2n) is 10.7. The maximum Gasteiger partial charge on any atom is 0.271 e. The summed E-state index contributed by atoms with van der Waals surface area (Å²) in [7, 11) is 0. The zero-order chi connectivity index (χ0) is 27.3. The van der Waals surface area contributed by atoms with Crippen LogP contribution in [0.15, 0.2) is 53.5 Å². The number of benzene rings is 2. The Morgan fingerprint density at radius 1 is 1.08 bits per heavy atom. The zero-order valence-corrected chi connectivity index (χ0v) is 22.3. The van der Waals surface area contributed by atoms with Gasteiger partial charge < -0.3 is 4.57 Å². The molecule has 6 rings (SSSR count). The van der Waals surface area contributed by atoms with Gasteiger partial charge in [-0.2, -0.15) is 0 Å². The first-order chi connectivity index (χ1) is 18.8. The largest absolute Gasteiger partial charge is 0.343 e. The summed E-state index contributed by atoms with van der Waals surface area (Å²) in [6.07, 6.45) is 5.27. The van der Waals surface area contributed by atoms with Crippen LogP contribution in [0, 0.1) is 18.7 Å². The van der Waals surface area contributed by atoms with Crippen molar-refractivity contribution in [2.45, 2.75) is 45.1 Å². The molecule has 2 aromatic carbocycles. The van der Waals surface area contributed by atoms with Crippen LogP contribution in [-0.2, 0) is 0 Å². The number of aryl methyl sites for hydroxylation is 1. The number of halogens is 2. The number of nitrogens with zero attached hydrogens (tertiary/aromatic N) is 3. The smallest absolute Gasteiger partial charge is 0.271 e. The second kappa shape index (κ2) is 10.2. The van der Waals surface area contributed by atoms with Crippen molar-refractivity contribution in [3.05, 3.63) is 86.5 Å². The highest BCUT2D eigenvalue weighted by Crippen LogP contribution is 2.37. The molecule has 1 N–H and O–H groups in total. The Morgan fingerprint density at radius 2 is 1.85 bits per heavy atom. The van der Waals surface area contributed by atoms with E-state index in [0.29, 0.717) is 30.7 Å². The maximum atomic E-state index is 14.2. The van der Waals surface area contributed by atoms with Crippen molar-refractivity contribution in [1.82, 2.24) is 20.0 Å². The number of nitrogens with one attached hydrogen (secondary N) is 1. The fraction of sp³-hybridized carbons (Fsp3) is 0.333. The lowest BCUT2D eigenvalue weighted by molar-refractivity contribution is 0.0676. The number of amides is 1. The van der Waals surface area contributed by atoms with Gasteiger partial charge in [-0.1, -0.05) is 29.3 Å². The summed E-state index contributed by atoms with van der Waals surface area (Å²) in [5.41, 5.74) is 5.27. The number of piperidine rings is 1. The van der Waals surface area contributed by atoms with E-state index >= 15 is 0 Å². The molecule has 200 valence electrons. The topological polar surface area (TPSA) is 84.3 Å². The van der Waals surface area contributed by atoms with Crippen LogP contribution < -0.4 is 10.9 Å². The molecular weight excluding hydrogens is 519 g/mol. The Bertz CT molecular complexity index is 1690. The lowest BCUT2D eigenvalue weighted by atomic mass is 9.91. The van der Waals surface area contributed by atoms with E-state index in [1.54, 1.807) is 17.3 Å². The first-order valence-corrected chi connectivity index (χ1v) is 13.6. The Morgan fingerprint density at radius 3 is 2.59 bits per heavy atom. The highest BCUT2D eigenvalue weighted by atomic mass is 35.5. The second-order valence-corrected chi connectivity index (χ2v) is 11.1. The molecule has 1 saturated heterocycles. The number of aromatic nitrogens is 2. The number of Topliss-reactive ketones (excluding diaryl/α,β-unsaturated/α-hetero) is 1. The minimum atomic E-state index is -0.688. The highest BCUT2D eigenvalue weighted by Gasteiger charge is 2.29. The van der Waals surface area contributed by atoms with Gasteiger partial charge in [-0.25, -0.2) is 14.4 Å². The van der Waals surface area contributed by atoms with Crippen molar-refractivity contribution >= 4 is 45.1 Å². The molecular formula is C30H28ClFN4O3. The van der Waals surface area contributed by atoms with Crippen molar-refractivity contribution in [2.24, 2.45) is 5.92 Å². The van der Waals surface area contributed by atoms with E-state index in [4.69, 9.17) is 11.6 Å². The predicted molar refractivity (Wildman–Crippen MR) is 149 cm³/mol. The van der Waals surface area contributed by atoms with Crippen molar-refractivity contribution in [3.63, 3.8) is 0 Å². The van der Waals surface area contributed by atoms with E-state index < -0.39 is 17.2 Å². The van der Waals surface area contributed by atoms with Crippen LogP contribution in [0.3, 0.4) is 0 Å². The Balaban J connectivity index is 1.11. The summed E-state index contributed by atoms with van der Waals surface area (Å²) < 4.78 is 16.0. The summed E-state index contributed by atoms with van der Waals surface area (Å²) in [6, 6.07) is 12.4. The number of hydrogen-bond donors (Lipinski definition) is 1. The molecule has 0 spiro atoms. The van der Waals surface area contributed by atoms with Crippen molar-refractivity contribution in [1.29, 1.82) is 0 Å². The Kier molecular flexibility index (Phi) is 6.69. The van der Waals surface area contributed by atoms with Gasteiger partial charge in [0.2, 0.25) is 5.43 Å². The molecule has 0 bridgehead atoms. The van der Waals surface area contributed by atoms with E-state index in [1.165, 1.54) is 6.07 Å². The number of hydrogen-bond acceptors (Lipinski definition) is 5. The summed E-state index contributed by atoms with van der Waals surface area (Å²) in [5, 5.41) is 2.89. The van der Waals surface area contributed by atoms with Crippen LogP contribution in [0.5, 0.6) is 0 Å². The van der Waals surface area contributed by atoms with Crippen LogP contribution in [0.1, 0.15) is 64.6 Å². The van der Waals surface area contributed by atoms with Crippen molar-refractivity contribution in [2.75, 3.05) is 13.1 Å². The number of carbonyl (C=O) groups is 2. The number of fused-ring (bicyclic) bond motifs is 2. The third-order valence-electron chi connectivity index (χ3n) is 7.74. The molecule has 0 radical (unpaired) electrons. The van der Waals surface area contributed by atoms with Gasteiger partial charge in [-0.3, -0.25) is 19.8 Å². The molecule has 1 saturated carbocycles. The molecule has 0 unspecified atom stereocenters. The number of rotatable bonds is 6. The normalized spacial score (nSPS) is 16.6. The third-order valence-corrected chi connectivity index (χ3v) is 8.03. The van der Waals surface area contributed by atoms with Gasteiger partial charge in [-0.05, 0) is 68.9 Å². The Hall–Kier alpha value is -3.62. The average Bonchev–Trinajstić information content (AvgIpc) is 3.76. The molecule has 9 heteroatoms. The van der Waals surface area contributed by atoms with Crippen LogP contribution in [0.2, 0.25) is 5.02 Å². The average molecular weight is 547 g/mol. The quantitative estimate of drug-likeness (QED) is 0.318. The number of pyridine rings is 2. The summed E-state index contributed by atoms with van der Waals surface area (Å²) in [5.74, 6) is -1.01. The van der Waals surface area contributed by atoms with E-state index in [2.05, 4.69) is 10.4 Å².